The Hall–Kier alpha value is -1.53. The van der Waals surface area contributed by atoms with Gasteiger partial charge in [0.25, 0.3) is 5.91 Å². The Kier molecular flexibility index (Phi) is 5.67. The Morgan fingerprint density at radius 1 is 1.56 bits per heavy atom. The predicted octanol–water partition coefficient (Wildman–Crippen LogP) is -0.146. The highest BCUT2D eigenvalue weighted by Crippen LogP contribution is 2.09. The first-order valence-electron chi connectivity index (χ1n) is 5.93. The van der Waals surface area contributed by atoms with Gasteiger partial charge < -0.3 is 15.1 Å². The first kappa shape index (κ1) is 14.5. The summed E-state index contributed by atoms with van der Waals surface area (Å²) >= 11 is 0. The van der Waals surface area contributed by atoms with E-state index in [4.69, 9.17) is 5.11 Å². The lowest BCUT2D eigenvalue weighted by Crippen LogP contribution is -2.36. The lowest BCUT2D eigenvalue weighted by Gasteiger charge is -2.20. The smallest absolute Gasteiger partial charge is 0.257 e. The summed E-state index contributed by atoms with van der Waals surface area (Å²) < 4.78 is 0. The zero-order valence-corrected chi connectivity index (χ0v) is 10.7. The summed E-state index contributed by atoms with van der Waals surface area (Å²) in [6.45, 7) is 1.72. The van der Waals surface area contributed by atoms with Gasteiger partial charge in [0.15, 0.2) is 0 Å². The standard InChI is InChI=1S/C12H19N3O3/c1-3-4-11-10(5-13-8-14-11)12(18)15(2)6-9(17)7-16/h5,8-9,16-17H,3-4,6-7H2,1-2H3/t9-/m1/s1. The number of carbonyl (C=O) groups excluding carboxylic acids is 1. The number of hydrogen-bond donors (Lipinski definition) is 2. The summed E-state index contributed by atoms with van der Waals surface area (Å²) in [6.07, 6.45) is 3.57. The predicted molar refractivity (Wildman–Crippen MR) is 66.1 cm³/mol. The molecule has 1 rings (SSSR count). The summed E-state index contributed by atoms with van der Waals surface area (Å²) in [6, 6.07) is 0. The van der Waals surface area contributed by atoms with E-state index >= 15 is 0 Å². The molecule has 0 aromatic carbocycles. The van der Waals surface area contributed by atoms with Crippen LogP contribution in [0.15, 0.2) is 12.5 Å². The highest BCUT2D eigenvalue weighted by molar-refractivity contribution is 5.94. The van der Waals surface area contributed by atoms with Gasteiger partial charge in [-0.1, -0.05) is 13.3 Å². The third-order valence-electron chi connectivity index (χ3n) is 2.55. The summed E-state index contributed by atoms with van der Waals surface area (Å²) in [5.74, 6) is -0.244. The molecule has 1 aromatic rings. The van der Waals surface area contributed by atoms with Gasteiger partial charge in [-0.15, -0.1) is 0 Å². The molecule has 1 heterocycles. The average Bonchev–Trinajstić information content (AvgIpc) is 2.38. The molecular formula is C12H19N3O3. The minimum absolute atomic E-state index is 0.0792. The Labute approximate surface area is 106 Å². The van der Waals surface area contributed by atoms with Crippen molar-refractivity contribution in [3.05, 3.63) is 23.8 Å². The number of aromatic nitrogens is 2. The second-order valence-electron chi connectivity index (χ2n) is 4.16. The van der Waals surface area contributed by atoms with Crippen molar-refractivity contribution in [2.24, 2.45) is 0 Å². The van der Waals surface area contributed by atoms with Crippen LogP contribution < -0.4 is 0 Å². The molecule has 0 fully saturated rings. The van der Waals surface area contributed by atoms with Gasteiger partial charge in [-0.25, -0.2) is 9.97 Å². The van der Waals surface area contributed by atoms with E-state index in [0.29, 0.717) is 17.7 Å². The lowest BCUT2D eigenvalue weighted by atomic mass is 10.1. The van der Waals surface area contributed by atoms with Crippen LogP contribution in [0.3, 0.4) is 0 Å². The van der Waals surface area contributed by atoms with Crippen molar-refractivity contribution in [2.75, 3.05) is 20.2 Å². The minimum atomic E-state index is -0.932. The van der Waals surface area contributed by atoms with Gasteiger partial charge in [-0.05, 0) is 6.42 Å². The molecule has 1 atom stereocenters. The molecule has 18 heavy (non-hydrogen) atoms. The third-order valence-corrected chi connectivity index (χ3v) is 2.55. The molecule has 1 amide bonds. The van der Waals surface area contributed by atoms with Crippen LogP contribution in [0.1, 0.15) is 29.4 Å². The molecule has 1 aromatic heterocycles. The maximum Gasteiger partial charge on any atom is 0.257 e. The van der Waals surface area contributed by atoms with Crippen molar-refractivity contribution in [1.82, 2.24) is 14.9 Å². The molecule has 0 saturated carbocycles. The molecule has 0 bridgehead atoms. The maximum atomic E-state index is 12.1. The van der Waals surface area contributed by atoms with E-state index in [2.05, 4.69) is 9.97 Å². The van der Waals surface area contributed by atoms with Gasteiger partial charge in [0.05, 0.1) is 24.0 Å². The van der Waals surface area contributed by atoms with Gasteiger partial charge in [-0.3, -0.25) is 4.79 Å². The monoisotopic (exact) mass is 253 g/mol. The van der Waals surface area contributed by atoms with Gasteiger partial charge in [0.1, 0.15) is 6.33 Å². The SMILES string of the molecule is CCCc1ncncc1C(=O)N(C)C[C@@H](O)CO. The summed E-state index contributed by atoms with van der Waals surface area (Å²) in [5, 5.41) is 18.1. The molecule has 0 spiro atoms. The van der Waals surface area contributed by atoms with Crippen LogP contribution in [-0.2, 0) is 6.42 Å². The fourth-order valence-electron chi connectivity index (χ4n) is 1.63. The molecule has 2 N–H and O–H groups in total. The van der Waals surface area contributed by atoms with E-state index in [-0.39, 0.29) is 19.1 Å². The molecule has 0 aliphatic rings. The molecule has 0 unspecified atom stereocenters. The second kappa shape index (κ2) is 7.03. The third kappa shape index (κ3) is 3.75. The zero-order valence-electron chi connectivity index (χ0n) is 10.7. The molecule has 0 aliphatic carbocycles. The maximum absolute atomic E-state index is 12.1. The number of nitrogens with zero attached hydrogens (tertiary/aromatic N) is 3. The van der Waals surface area contributed by atoms with Crippen LogP contribution in [0.5, 0.6) is 0 Å². The molecule has 6 nitrogen and oxygen atoms in total. The van der Waals surface area contributed by atoms with Crippen LogP contribution >= 0.6 is 0 Å². The van der Waals surface area contributed by atoms with Crippen LogP contribution in [0, 0.1) is 0 Å². The number of amides is 1. The topological polar surface area (TPSA) is 86.6 Å². The molecular weight excluding hydrogens is 234 g/mol. The van der Waals surface area contributed by atoms with Crippen molar-refractivity contribution in [2.45, 2.75) is 25.9 Å². The van der Waals surface area contributed by atoms with Crippen LogP contribution in [0.2, 0.25) is 0 Å². The number of aliphatic hydroxyl groups is 2. The molecule has 0 aliphatic heterocycles. The molecule has 0 radical (unpaired) electrons. The normalized spacial score (nSPS) is 12.2. The van der Waals surface area contributed by atoms with Gasteiger partial charge >= 0.3 is 0 Å². The number of likely N-dealkylation sites (N-methyl/N-ethyl adjacent to an activating group) is 1. The van der Waals surface area contributed by atoms with Crippen molar-refractivity contribution >= 4 is 5.91 Å². The van der Waals surface area contributed by atoms with Gasteiger partial charge in [-0.2, -0.15) is 0 Å². The van der Waals surface area contributed by atoms with Crippen molar-refractivity contribution < 1.29 is 15.0 Å². The summed E-state index contributed by atoms with van der Waals surface area (Å²) in [4.78, 5) is 21.5. The quantitative estimate of drug-likeness (QED) is 0.736. The molecule has 0 saturated heterocycles. The second-order valence-corrected chi connectivity index (χ2v) is 4.16. The van der Waals surface area contributed by atoms with E-state index in [9.17, 15) is 9.90 Å². The summed E-state index contributed by atoms with van der Waals surface area (Å²) in [5.41, 5.74) is 1.16. The van der Waals surface area contributed by atoms with Crippen molar-refractivity contribution in [3.8, 4) is 0 Å². The number of hydrogen-bond acceptors (Lipinski definition) is 5. The first-order chi connectivity index (χ1) is 8.60. The van der Waals surface area contributed by atoms with Crippen LogP contribution in [-0.4, -0.2) is 57.3 Å². The Bertz CT molecular complexity index is 398. The van der Waals surface area contributed by atoms with Crippen molar-refractivity contribution in [1.29, 1.82) is 0 Å². The van der Waals surface area contributed by atoms with Crippen molar-refractivity contribution in [3.63, 3.8) is 0 Å². The van der Waals surface area contributed by atoms with E-state index in [0.717, 1.165) is 6.42 Å². The molecule has 6 heteroatoms. The number of carbonyl (C=O) groups is 1. The van der Waals surface area contributed by atoms with E-state index in [1.54, 1.807) is 7.05 Å². The van der Waals surface area contributed by atoms with Crippen LogP contribution in [0.25, 0.3) is 0 Å². The fourth-order valence-corrected chi connectivity index (χ4v) is 1.63. The number of aryl methyl sites for hydroxylation is 1. The van der Waals surface area contributed by atoms with E-state index in [1.165, 1.54) is 17.4 Å². The summed E-state index contributed by atoms with van der Waals surface area (Å²) in [7, 11) is 1.57. The minimum Gasteiger partial charge on any atom is -0.394 e. The Morgan fingerprint density at radius 3 is 2.89 bits per heavy atom. The van der Waals surface area contributed by atoms with Gasteiger partial charge in [0.2, 0.25) is 0 Å². The van der Waals surface area contributed by atoms with E-state index in [1.807, 2.05) is 6.92 Å². The highest BCUT2D eigenvalue weighted by atomic mass is 16.3. The fraction of sp³-hybridized carbons (Fsp3) is 0.583. The Balaban J connectivity index is 2.82. The zero-order chi connectivity index (χ0) is 13.5. The number of aliphatic hydroxyl groups excluding tert-OH is 2. The number of rotatable bonds is 6. The molecule has 100 valence electrons. The highest BCUT2D eigenvalue weighted by Gasteiger charge is 2.18. The van der Waals surface area contributed by atoms with Gasteiger partial charge in [0, 0.05) is 19.8 Å². The first-order valence-corrected chi connectivity index (χ1v) is 5.93. The average molecular weight is 253 g/mol. The van der Waals surface area contributed by atoms with E-state index < -0.39 is 6.10 Å². The lowest BCUT2D eigenvalue weighted by molar-refractivity contribution is 0.0519. The largest absolute Gasteiger partial charge is 0.394 e. The van der Waals surface area contributed by atoms with Crippen LogP contribution in [0.4, 0.5) is 0 Å². The Morgan fingerprint density at radius 2 is 2.28 bits per heavy atom.